The molecule has 2 rings (SSSR count). The first-order chi connectivity index (χ1) is 11.0. The van der Waals surface area contributed by atoms with E-state index >= 15 is 0 Å². The average molecular weight is 342 g/mol. The van der Waals surface area contributed by atoms with Gasteiger partial charge in [0.1, 0.15) is 10.9 Å². The lowest BCUT2D eigenvalue weighted by atomic mass is 10.2. The lowest BCUT2D eigenvalue weighted by Crippen LogP contribution is -2.34. The lowest BCUT2D eigenvalue weighted by Gasteiger charge is -2.09. The first kappa shape index (κ1) is 16.6. The van der Waals surface area contributed by atoms with E-state index in [0.717, 1.165) is 0 Å². The van der Waals surface area contributed by atoms with Gasteiger partial charge in [-0.2, -0.15) is 8.78 Å². The highest BCUT2D eigenvalue weighted by atomic mass is 35.5. The molecule has 9 heteroatoms. The Bertz CT molecular complexity index is 728. The number of hydrogen-bond acceptors (Lipinski definition) is 4. The van der Waals surface area contributed by atoms with E-state index in [-0.39, 0.29) is 22.2 Å². The third kappa shape index (κ3) is 4.89. The number of nitrogens with one attached hydrogen (secondary N) is 2. The molecule has 2 aromatic rings. The molecule has 2 N–H and O–H groups in total. The molecule has 0 fully saturated rings. The van der Waals surface area contributed by atoms with Gasteiger partial charge in [0.05, 0.1) is 5.56 Å². The van der Waals surface area contributed by atoms with Crippen LogP contribution in [0.5, 0.6) is 5.75 Å². The zero-order chi connectivity index (χ0) is 16.8. The minimum atomic E-state index is -2.98. The molecular formula is C14H10ClF2N3O3. The van der Waals surface area contributed by atoms with Crippen molar-refractivity contribution in [1.29, 1.82) is 0 Å². The zero-order valence-corrected chi connectivity index (χ0v) is 12.2. The number of aromatic nitrogens is 1. The standard InChI is InChI=1S/C14H10ClF2N3O3/c15-11-10(5-2-6-18-11)12(21)20-14(22)19-8-3-1-4-9(7-8)23-13(16)17/h1-7,13H,(H2,19,20,21,22). The summed E-state index contributed by atoms with van der Waals surface area (Å²) in [4.78, 5) is 27.3. The van der Waals surface area contributed by atoms with Crippen LogP contribution in [0, 0.1) is 0 Å². The van der Waals surface area contributed by atoms with Crippen LogP contribution < -0.4 is 15.4 Å². The topological polar surface area (TPSA) is 80.3 Å². The van der Waals surface area contributed by atoms with Gasteiger partial charge in [0.2, 0.25) is 0 Å². The molecule has 0 saturated heterocycles. The smallest absolute Gasteiger partial charge is 0.387 e. The van der Waals surface area contributed by atoms with Crippen molar-refractivity contribution >= 4 is 29.2 Å². The molecular weight excluding hydrogens is 332 g/mol. The number of alkyl halides is 2. The van der Waals surface area contributed by atoms with Gasteiger partial charge in [-0.05, 0) is 24.3 Å². The van der Waals surface area contributed by atoms with Gasteiger partial charge in [0, 0.05) is 18.0 Å². The van der Waals surface area contributed by atoms with Gasteiger partial charge in [-0.15, -0.1) is 0 Å². The Labute approximate surface area is 134 Å². The van der Waals surface area contributed by atoms with E-state index in [0.29, 0.717) is 0 Å². The lowest BCUT2D eigenvalue weighted by molar-refractivity contribution is -0.0498. The van der Waals surface area contributed by atoms with Gasteiger partial charge in [-0.1, -0.05) is 17.7 Å². The maximum Gasteiger partial charge on any atom is 0.387 e. The number of pyridine rings is 1. The Morgan fingerprint density at radius 1 is 1.22 bits per heavy atom. The number of urea groups is 1. The van der Waals surface area contributed by atoms with Crippen LogP contribution in [0.4, 0.5) is 19.3 Å². The summed E-state index contributed by atoms with van der Waals surface area (Å²) in [6, 6.07) is 7.37. The van der Waals surface area contributed by atoms with E-state index in [9.17, 15) is 18.4 Å². The first-order valence-corrected chi connectivity index (χ1v) is 6.61. The number of hydrogen-bond donors (Lipinski definition) is 2. The number of anilines is 1. The molecule has 120 valence electrons. The molecule has 0 spiro atoms. The maximum absolute atomic E-state index is 12.1. The van der Waals surface area contributed by atoms with Crippen molar-refractivity contribution in [3.63, 3.8) is 0 Å². The molecule has 0 atom stereocenters. The molecule has 0 bridgehead atoms. The highest BCUT2D eigenvalue weighted by molar-refractivity contribution is 6.33. The molecule has 1 aromatic heterocycles. The van der Waals surface area contributed by atoms with Crippen molar-refractivity contribution in [3.05, 3.63) is 53.3 Å². The fourth-order valence-electron chi connectivity index (χ4n) is 1.64. The number of ether oxygens (including phenoxy) is 1. The van der Waals surface area contributed by atoms with E-state index in [1.54, 1.807) is 0 Å². The predicted molar refractivity (Wildman–Crippen MR) is 78.8 cm³/mol. The largest absolute Gasteiger partial charge is 0.435 e. The van der Waals surface area contributed by atoms with Crippen LogP contribution in [0.2, 0.25) is 5.15 Å². The summed E-state index contributed by atoms with van der Waals surface area (Å²) in [5.41, 5.74) is 0.199. The minimum Gasteiger partial charge on any atom is -0.435 e. The molecule has 1 heterocycles. The summed E-state index contributed by atoms with van der Waals surface area (Å²) < 4.78 is 28.5. The molecule has 0 aliphatic carbocycles. The van der Waals surface area contributed by atoms with E-state index in [2.05, 4.69) is 15.0 Å². The van der Waals surface area contributed by atoms with Crippen LogP contribution in [-0.2, 0) is 0 Å². The number of amides is 3. The van der Waals surface area contributed by atoms with Crippen LogP contribution in [-0.4, -0.2) is 23.5 Å². The summed E-state index contributed by atoms with van der Waals surface area (Å²) >= 11 is 5.74. The summed E-state index contributed by atoms with van der Waals surface area (Å²) in [6.45, 7) is -2.98. The van der Waals surface area contributed by atoms with Crippen LogP contribution in [0.3, 0.4) is 0 Å². The third-order valence-electron chi connectivity index (χ3n) is 2.55. The predicted octanol–water partition coefficient (Wildman–Crippen LogP) is 3.30. The summed E-state index contributed by atoms with van der Waals surface area (Å²) in [5, 5.41) is 4.31. The highest BCUT2D eigenvalue weighted by Crippen LogP contribution is 2.19. The van der Waals surface area contributed by atoms with Gasteiger partial charge >= 0.3 is 12.6 Å². The Kier molecular flexibility index (Phi) is 5.42. The van der Waals surface area contributed by atoms with Crippen LogP contribution in [0.1, 0.15) is 10.4 Å². The summed E-state index contributed by atoms with van der Waals surface area (Å²) in [7, 11) is 0. The number of carbonyl (C=O) groups excluding carboxylic acids is 2. The van der Waals surface area contributed by atoms with Gasteiger partial charge in [0.25, 0.3) is 5.91 Å². The molecule has 0 radical (unpaired) electrons. The highest BCUT2D eigenvalue weighted by Gasteiger charge is 2.14. The minimum absolute atomic E-state index is 0.0269. The van der Waals surface area contributed by atoms with Crippen LogP contribution >= 0.6 is 11.6 Å². The average Bonchev–Trinajstić information content (AvgIpc) is 2.47. The second kappa shape index (κ2) is 7.50. The molecule has 23 heavy (non-hydrogen) atoms. The van der Waals surface area contributed by atoms with Crippen molar-refractivity contribution in [2.75, 3.05) is 5.32 Å². The van der Waals surface area contributed by atoms with Crippen molar-refractivity contribution in [3.8, 4) is 5.75 Å². The molecule has 0 aliphatic rings. The number of rotatable bonds is 4. The maximum atomic E-state index is 12.1. The SMILES string of the molecule is O=C(NC(=O)c1cccnc1Cl)Nc1cccc(OC(F)F)c1. The zero-order valence-electron chi connectivity index (χ0n) is 11.4. The van der Waals surface area contributed by atoms with Crippen molar-refractivity contribution in [2.24, 2.45) is 0 Å². The second-order valence-electron chi connectivity index (χ2n) is 4.16. The molecule has 0 unspecified atom stereocenters. The molecule has 6 nitrogen and oxygen atoms in total. The number of imide groups is 1. The number of carbonyl (C=O) groups is 2. The quantitative estimate of drug-likeness (QED) is 0.836. The van der Waals surface area contributed by atoms with Crippen LogP contribution in [0.25, 0.3) is 0 Å². The molecule has 0 aliphatic heterocycles. The van der Waals surface area contributed by atoms with Crippen LogP contribution in [0.15, 0.2) is 42.6 Å². The van der Waals surface area contributed by atoms with Gasteiger partial charge in [-0.25, -0.2) is 9.78 Å². The molecule has 1 aromatic carbocycles. The second-order valence-corrected chi connectivity index (χ2v) is 4.51. The first-order valence-electron chi connectivity index (χ1n) is 6.23. The fourth-order valence-corrected chi connectivity index (χ4v) is 1.84. The number of halogens is 3. The van der Waals surface area contributed by atoms with Gasteiger partial charge < -0.3 is 10.1 Å². The molecule has 0 saturated carbocycles. The number of benzene rings is 1. The van der Waals surface area contributed by atoms with E-state index in [1.807, 2.05) is 5.32 Å². The number of nitrogens with zero attached hydrogens (tertiary/aromatic N) is 1. The van der Waals surface area contributed by atoms with Gasteiger partial charge in [-0.3, -0.25) is 10.1 Å². The monoisotopic (exact) mass is 341 g/mol. The Morgan fingerprint density at radius 3 is 2.70 bits per heavy atom. The van der Waals surface area contributed by atoms with E-state index in [1.165, 1.54) is 42.6 Å². The Morgan fingerprint density at radius 2 is 2.00 bits per heavy atom. The van der Waals surface area contributed by atoms with Gasteiger partial charge in [0.15, 0.2) is 0 Å². The van der Waals surface area contributed by atoms with Crippen molar-refractivity contribution < 1.29 is 23.1 Å². The summed E-state index contributed by atoms with van der Waals surface area (Å²) in [5.74, 6) is -0.875. The molecule has 3 amide bonds. The Hall–Kier alpha value is -2.74. The Balaban J connectivity index is 2.00. The normalized spacial score (nSPS) is 10.3. The van der Waals surface area contributed by atoms with E-state index in [4.69, 9.17) is 11.6 Å². The summed E-state index contributed by atoms with van der Waals surface area (Å²) in [6.07, 6.45) is 1.40. The fraction of sp³-hybridized carbons (Fsp3) is 0.0714. The van der Waals surface area contributed by atoms with E-state index < -0.39 is 18.5 Å². The van der Waals surface area contributed by atoms with Crippen molar-refractivity contribution in [2.45, 2.75) is 6.61 Å². The van der Waals surface area contributed by atoms with Crippen molar-refractivity contribution in [1.82, 2.24) is 10.3 Å². The third-order valence-corrected chi connectivity index (χ3v) is 2.85.